The molecule has 35 heavy (non-hydrogen) atoms. The van der Waals surface area contributed by atoms with Crippen molar-refractivity contribution in [3.8, 4) is 0 Å². The molecule has 1 amide bonds. The van der Waals surface area contributed by atoms with Crippen LogP contribution in [0.15, 0.2) is 65.7 Å². The molecular formula is C22H23F3N6O3S. The summed E-state index contributed by atoms with van der Waals surface area (Å²) in [5.74, 6) is -0.905. The molecule has 1 aromatic heterocycles. The molecule has 1 heterocycles. The average Bonchev–Trinajstić information content (AvgIpc) is 2.81. The molecule has 0 bridgehead atoms. The van der Waals surface area contributed by atoms with E-state index in [0.29, 0.717) is 17.6 Å². The van der Waals surface area contributed by atoms with Crippen LogP contribution in [0.1, 0.15) is 12.5 Å². The summed E-state index contributed by atoms with van der Waals surface area (Å²) in [5, 5.41) is 7.83. The van der Waals surface area contributed by atoms with Gasteiger partial charge in [0.05, 0.1) is 10.6 Å². The number of halogens is 3. The first-order valence-corrected chi connectivity index (χ1v) is 11.8. The van der Waals surface area contributed by atoms with Crippen LogP contribution in [0.2, 0.25) is 0 Å². The van der Waals surface area contributed by atoms with E-state index < -0.39 is 27.6 Å². The van der Waals surface area contributed by atoms with Gasteiger partial charge in [-0.15, -0.1) is 0 Å². The van der Waals surface area contributed by atoms with Gasteiger partial charge in [0, 0.05) is 38.9 Å². The molecule has 9 nitrogen and oxygen atoms in total. The Kier molecular flexibility index (Phi) is 7.79. The molecule has 0 radical (unpaired) electrons. The Hall–Kier alpha value is -3.87. The van der Waals surface area contributed by atoms with Crippen molar-refractivity contribution in [2.75, 3.05) is 35.1 Å². The topological polar surface area (TPSA) is 116 Å². The minimum atomic E-state index is -4.69. The molecule has 186 valence electrons. The van der Waals surface area contributed by atoms with Gasteiger partial charge < -0.3 is 16.0 Å². The van der Waals surface area contributed by atoms with Crippen LogP contribution in [0.3, 0.4) is 0 Å². The second kappa shape index (κ2) is 10.6. The van der Waals surface area contributed by atoms with Gasteiger partial charge in [0.25, 0.3) is 10.0 Å². The summed E-state index contributed by atoms with van der Waals surface area (Å²) >= 11 is 0. The van der Waals surface area contributed by atoms with Gasteiger partial charge in [-0.05, 0) is 30.3 Å². The molecule has 13 heteroatoms. The van der Waals surface area contributed by atoms with Crippen molar-refractivity contribution < 1.29 is 26.4 Å². The van der Waals surface area contributed by atoms with Gasteiger partial charge in [-0.25, -0.2) is 13.4 Å². The van der Waals surface area contributed by atoms with Gasteiger partial charge in [0.15, 0.2) is 0 Å². The number of nitrogens with zero attached hydrogens (tertiary/aromatic N) is 3. The fraction of sp³-hybridized carbons (Fsp3) is 0.227. The summed E-state index contributed by atoms with van der Waals surface area (Å²) in [6.45, 7) is 1.41. The number of carbonyl (C=O) groups excluding carboxylic acids is 1. The van der Waals surface area contributed by atoms with Crippen molar-refractivity contribution >= 4 is 39.1 Å². The summed E-state index contributed by atoms with van der Waals surface area (Å²) in [6.07, 6.45) is -4.05. The Morgan fingerprint density at radius 3 is 2.43 bits per heavy atom. The maximum Gasteiger partial charge on any atom is 0.421 e. The maximum absolute atomic E-state index is 13.4. The third-order valence-electron chi connectivity index (χ3n) is 4.75. The molecule has 0 spiro atoms. The number of benzene rings is 2. The van der Waals surface area contributed by atoms with Crippen LogP contribution in [-0.2, 0) is 21.0 Å². The molecule has 3 rings (SSSR count). The second-order valence-electron chi connectivity index (χ2n) is 7.32. The number of alkyl halides is 3. The first-order valence-electron chi connectivity index (χ1n) is 10.3. The lowest BCUT2D eigenvalue weighted by molar-refractivity contribution is -0.137. The Labute approximate surface area is 200 Å². The second-order valence-corrected chi connectivity index (χ2v) is 9.29. The normalized spacial score (nSPS) is 11.6. The minimum Gasteiger partial charge on any atom is -0.368 e. The molecule has 0 unspecified atom stereocenters. The number of aromatic nitrogens is 2. The first-order chi connectivity index (χ1) is 16.5. The van der Waals surface area contributed by atoms with Crippen molar-refractivity contribution in [1.29, 1.82) is 0 Å². The molecule has 0 atom stereocenters. The van der Waals surface area contributed by atoms with E-state index >= 15 is 0 Å². The fourth-order valence-electron chi connectivity index (χ4n) is 3.00. The zero-order valence-corrected chi connectivity index (χ0v) is 19.6. The predicted octanol–water partition coefficient (Wildman–Crippen LogP) is 3.61. The first kappa shape index (κ1) is 25.7. The number of nitrogens with one attached hydrogen (secondary N) is 3. The third-order valence-corrected chi connectivity index (χ3v) is 6.55. The number of sulfonamides is 1. The van der Waals surface area contributed by atoms with Crippen LogP contribution in [0.5, 0.6) is 0 Å². The number of carbonyl (C=O) groups is 1. The van der Waals surface area contributed by atoms with E-state index in [1.807, 2.05) is 0 Å². The van der Waals surface area contributed by atoms with Crippen molar-refractivity contribution in [3.05, 3.63) is 66.4 Å². The molecule has 0 aliphatic rings. The Morgan fingerprint density at radius 1 is 1.06 bits per heavy atom. The van der Waals surface area contributed by atoms with E-state index in [1.165, 1.54) is 32.2 Å². The highest BCUT2D eigenvalue weighted by Crippen LogP contribution is 2.34. The zero-order chi connectivity index (χ0) is 25.6. The number of anilines is 4. The van der Waals surface area contributed by atoms with Crippen LogP contribution in [0.4, 0.5) is 36.3 Å². The summed E-state index contributed by atoms with van der Waals surface area (Å²) in [4.78, 5) is 18.7. The monoisotopic (exact) mass is 508 g/mol. The van der Waals surface area contributed by atoms with E-state index in [0.717, 1.165) is 4.31 Å². The van der Waals surface area contributed by atoms with Crippen LogP contribution in [0, 0.1) is 0 Å². The van der Waals surface area contributed by atoms with Gasteiger partial charge in [-0.3, -0.25) is 9.10 Å². The Balaban J connectivity index is 1.83. The van der Waals surface area contributed by atoms with Crippen LogP contribution in [-0.4, -0.2) is 44.4 Å². The van der Waals surface area contributed by atoms with Gasteiger partial charge in [-0.2, -0.15) is 18.2 Å². The summed E-state index contributed by atoms with van der Waals surface area (Å²) in [6, 6.07) is 14.2. The van der Waals surface area contributed by atoms with E-state index in [1.54, 1.807) is 36.4 Å². The highest BCUT2D eigenvalue weighted by molar-refractivity contribution is 7.92. The van der Waals surface area contributed by atoms with Crippen molar-refractivity contribution in [2.45, 2.75) is 18.0 Å². The van der Waals surface area contributed by atoms with Gasteiger partial charge in [0.2, 0.25) is 11.9 Å². The highest BCUT2D eigenvalue weighted by Gasteiger charge is 2.35. The molecule has 3 aromatic rings. The lowest BCUT2D eigenvalue weighted by atomic mass is 10.2. The lowest BCUT2D eigenvalue weighted by Crippen LogP contribution is -2.27. The van der Waals surface area contributed by atoms with E-state index in [2.05, 4.69) is 25.9 Å². The molecule has 2 aromatic carbocycles. The zero-order valence-electron chi connectivity index (χ0n) is 18.8. The van der Waals surface area contributed by atoms with Gasteiger partial charge in [-0.1, -0.05) is 24.3 Å². The molecule has 0 aliphatic heterocycles. The van der Waals surface area contributed by atoms with Gasteiger partial charge >= 0.3 is 6.18 Å². The Bertz CT molecular complexity index is 1290. The molecule has 0 saturated heterocycles. The smallest absolute Gasteiger partial charge is 0.368 e. The molecule has 0 fully saturated rings. The van der Waals surface area contributed by atoms with Crippen molar-refractivity contribution in [3.63, 3.8) is 0 Å². The minimum absolute atomic E-state index is 0.0107. The third kappa shape index (κ3) is 6.59. The predicted molar refractivity (Wildman–Crippen MR) is 126 cm³/mol. The summed E-state index contributed by atoms with van der Waals surface area (Å²) in [7, 11) is -2.42. The van der Waals surface area contributed by atoms with Crippen LogP contribution < -0.4 is 20.3 Å². The standard InChI is InChI=1S/C22H23F3N6O3S/c1-15(32)26-11-12-27-20-19(22(23,24)25)14-28-21(30-20)29-16-7-6-8-17(13-16)31(2)35(33,34)18-9-4-3-5-10-18/h3-10,13-14H,11-12H2,1-2H3,(H,26,32)(H2,27,28,29,30). The van der Waals surface area contributed by atoms with Gasteiger partial charge in [0.1, 0.15) is 11.4 Å². The SMILES string of the molecule is CC(=O)NCCNc1nc(Nc2cccc(N(C)S(=O)(=O)c3ccccc3)c2)ncc1C(F)(F)F. The molecule has 0 saturated carbocycles. The maximum atomic E-state index is 13.4. The summed E-state index contributed by atoms with van der Waals surface area (Å²) in [5.41, 5.74) is -0.380. The number of hydrogen-bond donors (Lipinski definition) is 3. The quantitative estimate of drug-likeness (QED) is 0.378. The average molecular weight is 509 g/mol. The molecular weight excluding hydrogens is 485 g/mol. The number of hydrogen-bond acceptors (Lipinski definition) is 7. The molecule has 0 aliphatic carbocycles. The number of rotatable bonds is 9. The van der Waals surface area contributed by atoms with Crippen LogP contribution in [0.25, 0.3) is 0 Å². The number of amides is 1. The van der Waals surface area contributed by atoms with E-state index in [9.17, 15) is 26.4 Å². The fourth-order valence-corrected chi connectivity index (χ4v) is 4.21. The Morgan fingerprint density at radius 2 is 1.77 bits per heavy atom. The molecule has 3 N–H and O–H groups in total. The van der Waals surface area contributed by atoms with E-state index in [4.69, 9.17) is 0 Å². The lowest BCUT2D eigenvalue weighted by Gasteiger charge is -2.20. The van der Waals surface area contributed by atoms with Crippen molar-refractivity contribution in [2.24, 2.45) is 0 Å². The van der Waals surface area contributed by atoms with Crippen LogP contribution >= 0.6 is 0 Å². The summed E-state index contributed by atoms with van der Waals surface area (Å²) < 4.78 is 67.0. The van der Waals surface area contributed by atoms with E-state index in [-0.39, 0.29) is 29.8 Å². The van der Waals surface area contributed by atoms with Crippen molar-refractivity contribution in [1.82, 2.24) is 15.3 Å². The highest BCUT2D eigenvalue weighted by atomic mass is 32.2. The largest absolute Gasteiger partial charge is 0.421 e.